The fourth-order valence-corrected chi connectivity index (χ4v) is 6.86. The molecule has 0 fully saturated rings. The van der Waals surface area contributed by atoms with Gasteiger partial charge in [-0.1, -0.05) is 32.5 Å². The van der Waals surface area contributed by atoms with Crippen molar-refractivity contribution in [3.05, 3.63) is 46.0 Å². The van der Waals surface area contributed by atoms with Crippen molar-refractivity contribution in [2.45, 2.75) is 77.8 Å². The van der Waals surface area contributed by atoms with Crippen molar-refractivity contribution in [2.24, 2.45) is 4.99 Å². The third-order valence-corrected chi connectivity index (χ3v) is 9.14. The number of hydrogen-bond donors (Lipinski definition) is 2. The Hall–Kier alpha value is -2.36. The zero-order valence-corrected chi connectivity index (χ0v) is 25.0. The van der Waals surface area contributed by atoms with E-state index in [4.69, 9.17) is 14.4 Å². The number of nitrogens with one attached hydrogen (secondary N) is 1. The lowest BCUT2D eigenvalue weighted by Gasteiger charge is -2.23. The molecule has 2 heterocycles. The lowest BCUT2D eigenvalue weighted by atomic mass is 9.87. The van der Waals surface area contributed by atoms with Gasteiger partial charge in [-0.2, -0.15) is 0 Å². The topological polar surface area (TPSA) is 83.8 Å². The Balaban J connectivity index is 1.70. The lowest BCUT2D eigenvalue weighted by Crippen LogP contribution is -2.39. The van der Waals surface area contributed by atoms with E-state index < -0.39 is 19.8 Å². The number of nitrogens with zero attached hydrogens (tertiary/aromatic N) is 2. The molecule has 1 aliphatic heterocycles. The largest absolute Gasteiger partial charge is 0.541 e. The molecule has 0 saturated heterocycles. The Morgan fingerprint density at radius 1 is 1.14 bits per heavy atom. The van der Waals surface area contributed by atoms with Crippen LogP contribution in [0.3, 0.4) is 0 Å². The van der Waals surface area contributed by atoms with Crippen molar-refractivity contribution in [3.63, 3.8) is 0 Å². The minimum Gasteiger partial charge on any atom is -0.541 e. The summed E-state index contributed by atoms with van der Waals surface area (Å²) in [5.74, 6) is 0.880. The number of aryl methyl sites for hydroxylation is 2. The van der Waals surface area contributed by atoms with Crippen molar-refractivity contribution >= 4 is 59.0 Å². The van der Waals surface area contributed by atoms with E-state index in [-0.39, 0.29) is 17.1 Å². The number of thioether (sulfide) groups is 1. The van der Waals surface area contributed by atoms with Crippen molar-refractivity contribution in [2.75, 3.05) is 5.32 Å². The van der Waals surface area contributed by atoms with E-state index in [1.165, 1.54) is 5.56 Å². The predicted molar refractivity (Wildman–Crippen MR) is 155 cm³/mol. The summed E-state index contributed by atoms with van der Waals surface area (Å²) in [6.45, 7) is 18.6. The van der Waals surface area contributed by atoms with Gasteiger partial charge in [-0.15, -0.1) is 11.3 Å². The van der Waals surface area contributed by atoms with Gasteiger partial charge in [-0.05, 0) is 87.2 Å². The van der Waals surface area contributed by atoms with Crippen LogP contribution >= 0.6 is 23.1 Å². The minimum absolute atomic E-state index is 0.0135. The standard InChI is InChI=1S/C27H34N3O3S2Si/c1-14-11-18(31)15(2)10-17(14)28-23(32)22-27(6,7)35-25(30-22)24-29-21-19(33-36(8)9)12-16(26(3,4)5)13-20(21)34-24/h10-13,22,31H,1-9H3,(H,28,32). The predicted octanol–water partition coefficient (Wildman–Crippen LogP) is 6.83. The summed E-state index contributed by atoms with van der Waals surface area (Å²) in [5.41, 5.74) is 4.26. The second kappa shape index (κ2) is 9.50. The molecule has 4 rings (SSSR count). The van der Waals surface area contributed by atoms with E-state index in [0.717, 1.165) is 31.6 Å². The second-order valence-corrected chi connectivity index (χ2v) is 15.8. The molecule has 1 amide bonds. The Morgan fingerprint density at radius 2 is 1.83 bits per heavy atom. The highest BCUT2D eigenvalue weighted by molar-refractivity contribution is 8.16. The molecular weight excluding hydrogens is 507 g/mol. The lowest BCUT2D eigenvalue weighted by molar-refractivity contribution is -0.117. The molecule has 6 nitrogen and oxygen atoms in total. The summed E-state index contributed by atoms with van der Waals surface area (Å²) in [5, 5.41) is 14.6. The number of phenols is 1. The van der Waals surface area contributed by atoms with Crippen LogP contribution in [0, 0.1) is 13.8 Å². The molecule has 0 saturated carbocycles. The van der Waals surface area contributed by atoms with Crippen LogP contribution in [0.2, 0.25) is 13.1 Å². The van der Waals surface area contributed by atoms with Crippen molar-refractivity contribution < 1.29 is 14.3 Å². The van der Waals surface area contributed by atoms with Crippen LogP contribution in [0.25, 0.3) is 10.2 Å². The Labute approximate surface area is 223 Å². The molecule has 36 heavy (non-hydrogen) atoms. The average Bonchev–Trinajstić information content (AvgIpc) is 3.31. The summed E-state index contributed by atoms with van der Waals surface area (Å²) >= 11 is 3.18. The molecule has 2 N–H and O–H groups in total. The summed E-state index contributed by atoms with van der Waals surface area (Å²) in [6.07, 6.45) is 0. The first kappa shape index (κ1) is 26.7. The molecule has 1 radical (unpaired) electrons. The summed E-state index contributed by atoms with van der Waals surface area (Å²) in [4.78, 5) is 23.1. The van der Waals surface area contributed by atoms with Crippen molar-refractivity contribution in [3.8, 4) is 11.5 Å². The number of aliphatic imine (C=N–C) groups is 1. The fourth-order valence-electron chi connectivity index (χ4n) is 4.03. The molecule has 9 heteroatoms. The smallest absolute Gasteiger partial charge is 0.274 e. The third-order valence-electron chi connectivity index (χ3n) is 6.14. The van der Waals surface area contributed by atoms with Gasteiger partial charge in [0.05, 0.1) is 4.70 Å². The molecule has 1 aliphatic rings. The molecule has 0 aliphatic carbocycles. The third kappa shape index (κ3) is 5.33. The van der Waals surface area contributed by atoms with Gasteiger partial charge in [-0.25, -0.2) is 4.98 Å². The molecular formula is C27H34N3O3S2Si. The number of benzene rings is 2. The van der Waals surface area contributed by atoms with Gasteiger partial charge in [0.15, 0.2) is 0 Å². The highest BCUT2D eigenvalue weighted by Gasteiger charge is 2.43. The number of phenolic OH excluding ortho intramolecular Hbond substituents is 1. The van der Waals surface area contributed by atoms with Crippen LogP contribution in [-0.4, -0.2) is 40.9 Å². The number of anilines is 1. The van der Waals surface area contributed by atoms with Gasteiger partial charge >= 0.3 is 0 Å². The normalized spacial score (nSPS) is 17.5. The molecule has 1 aromatic heterocycles. The second-order valence-electron chi connectivity index (χ2n) is 11.1. The first-order valence-corrected chi connectivity index (χ1v) is 16.0. The summed E-state index contributed by atoms with van der Waals surface area (Å²) in [7, 11) is -0.964. The van der Waals surface area contributed by atoms with E-state index in [0.29, 0.717) is 11.3 Å². The van der Waals surface area contributed by atoms with Crippen LogP contribution < -0.4 is 9.74 Å². The van der Waals surface area contributed by atoms with E-state index in [9.17, 15) is 9.90 Å². The number of amides is 1. The van der Waals surface area contributed by atoms with Gasteiger partial charge in [0, 0.05) is 10.4 Å². The number of aromatic nitrogens is 1. The average molecular weight is 541 g/mol. The van der Waals surface area contributed by atoms with Crippen LogP contribution in [-0.2, 0) is 10.2 Å². The molecule has 0 bridgehead atoms. The summed E-state index contributed by atoms with van der Waals surface area (Å²) in [6, 6.07) is 7.21. The highest BCUT2D eigenvalue weighted by atomic mass is 32.2. The zero-order valence-electron chi connectivity index (χ0n) is 22.4. The van der Waals surface area contributed by atoms with Crippen LogP contribution in [0.5, 0.6) is 11.5 Å². The van der Waals surface area contributed by atoms with E-state index >= 15 is 0 Å². The SMILES string of the molecule is Cc1cc(NC(=O)C2N=C(c3nc4c(O[Si](C)C)cc(C(C)(C)C)cc4s3)SC2(C)C)c(C)cc1O. The number of aromatic hydroxyl groups is 1. The minimum atomic E-state index is -0.964. The Morgan fingerprint density at radius 3 is 2.47 bits per heavy atom. The van der Waals surface area contributed by atoms with Gasteiger partial charge < -0.3 is 14.8 Å². The quantitative estimate of drug-likeness (QED) is 0.274. The maximum atomic E-state index is 13.3. The van der Waals surface area contributed by atoms with E-state index in [1.807, 2.05) is 27.7 Å². The fraction of sp³-hybridized carbons (Fsp3) is 0.444. The van der Waals surface area contributed by atoms with E-state index in [1.54, 1.807) is 35.2 Å². The molecule has 0 spiro atoms. The first-order valence-electron chi connectivity index (χ1n) is 12.0. The summed E-state index contributed by atoms with van der Waals surface area (Å²) < 4.78 is 6.89. The van der Waals surface area contributed by atoms with Crippen molar-refractivity contribution in [1.29, 1.82) is 0 Å². The number of rotatable bonds is 5. The number of hydrogen-bond acceptors (Lipinski definition) is 7. The Bertz CT molecular complexity index is 1370. The maximum Gasteiger partial charge on any atom is 0.274 e. The zero-order chi connectivity index (χ0) is 26.6. The van der Waals surface area contributed by atoms with Gasteiger partial charge in [-0.3, -0.25) is 9.79 Å². The van der Waals surface area contributed by atoms with Crippen molar-refractivity contribution in [1.82, 2.24) is 4.98 Å². The number of carbonyl (C=O) groups excluding carboxylic acids is 1. The molecule has 3 aromatic rings. The number of carbonyl (C=O) groups is 1. The van der Waals surface area contributed by atoms with Crippen LogP contribution in [0.1, 0.15) is 56.3 Å². The number of thiazole rings is 1. The monoisotopic (exact) mass is 540 g/mol. The van der Waals surface area contributed by atoms with Gasteiger partial charge in [0.25, 0.3) is 14.9 Å². The molecule has 1 unspecified atom stereocenters. The van der Waals surface area contributed by atoms with E-state index in [2.05, 4.69) is 51.3 Å². The molecule has 2 aromatic carbocycles. The van der Waals surface area contributed by atoms with Gasteiger partial charge in [0.2, 0.25) is 0 Å². The van der Waals surface area contributed by atoms with Crippen LogP contribution in [0.4, 0.5) is 5.69 Å². The molecule has 191 valence electrons. The van der Waals surface area contributed by atoms with Gasteiger partial charge in [0.1, 0.15) is 33.1 Å². The maximum absolute atomic E-state index is 13.3. The van der Waals surface area contributed by atoms with Crippen LogP contribution in [0.15, 0.2) is 29.3 Å². The highest BCUT2D eigenvalue weighted by Crippen LogP contribution is 2.43. The number of fused-ring (bicyclic) bond motifs is 1. The first-order chi connectivity index (χ1) is 16.7. The Kier molecular flexibility index (Phi) is 7.04. The molecule has 1 atom stereocenters.